The lowest BCUT2D eigenvalue weighted by molar-refractivity contribution is 0.0597. The quantitative estimate of drug-likeness (QED) is 0.416. The van der Waals surface area contributed by atoms with Crippen LogP contribution in [-0.2, 0) is 11.3 Å². The lowest BCUT2D eigenvalue weighted by atomic mass is 10.1. The van der Waals surface area contributed by atoms with Crippen LogP contribution in [0.4, 0.5) is 0 Å². The third kappa shape index (κ3) is 6.13. The zero-order valence-electron chi connectivity index (χ0n) is 18.5. The Labute approximate surface area is 184 Å². The number of benzene rings is 2. The molecule has 1 N–H and O–H groups in total. The molecule has 1 heterocycles. The number of likely N-dealkylation sites (tertiary alicyclic amines) is 1. The number of aliphatic imine (C=N–C) groups is 1. The van der Waals surface area contributed by atoms with Crippen LogP contribution in [0, 0.1) is 0 Å². The van der Waals surface area contributed by atoms with E-state index in [4.69, 9.17) is 19.2 Å². The fourth-order valence-electron chi connectivity index (χ4n) is 3.59. The van der Waals surface area contributed by atoms with Gasteiger partial charge in [-0.3, -0.25) is 0 Å². The third-order valence-electron chi connectivity index (χ3n) is 5.20. The Morgan fingerprint density at radius 1 is 1.13 bits per heavy atom. The Kier molecular flexibility index (Phi) is 8.15. The molecule has 0 aromatic heterocycles. The Morgan fingerprint density at radius 2 is 1.87 bits per heavy atom. The lowest BCUT2D eigenvalue weighted by Gasteiger charge is -2.34. The molecule has 1 saturated heterocycles. The number of nitrogens with one attached hydrogen (secondary N) is 1. The Balaban J connectivity index is 1.63. The number of hydrogen-bond acceptors (Lipinski definition) is 5. The fourth-order valence-corrected chi connectivity index (χ4v) is 3.59. The highest BCUT2D eigenvalue weighted by atomic mass is 16.5. The summed E-state index contributed by atoms with van der Waals surface area (Å²) in [5.74, 6) is 1.86. The predicted octanol–water partition coefficient (Wildman–Crippen LogP) is 3.49. The number of ether oxygens (including phenoxy) is 3. The summed E-state index contributed by atoms with van der Waals surface area (Å²) in [4.78, 5) is 19.1. The molecule has 1 aliphatic rings. The van der Waals surface area contributed by atoms with E-state index in [9.17, 15) is 4.79 Å². The smallest absolute Gasteiger partial charge is 0.341 e. The molecule has 166 valence electrons. The van der Waals surface area contributed by atoms with E-state index in [2.05, 4.69) is 17.1 Å². The first-order valence-electron chi connectivity index (χ1n) is 10.6. The van der Waals surface area contributed by atoms with Gasteiger partial charge in [0.15, 0.2) is 5.96 Å². The zero-order valence-corrected chi connectivity index (χ0v) is 18.5. The van der Waals surface area contributed by atoms with Crippen molar-refractivity contribution in [2.75, 3.05) is 33.9 Å². The maximum Gasteiger partial charge on any atom is 0.341 e. The van der Waals surface area contributed by atoms with Gasteiger partial charge in [0.25, 0.3) is 0 Å². The summed E-state index contributed by atoms with van der Waals surface area (Å²) in [5, 5.41) is 3.38. The Morgan fingerprint density at radius 3 is 2.52 bits per heavy atom. The average molecular weight is 426 g/mol. The molecule has 0 radical (unpaired) electrons. The summed E-state index contributed by atoms with van der Waals surface area (Å²) in [5.41, 5.74) is 1.32. The number of carbonyl (C=O) groups excluding carboxylic acids is 1. The number of esters is 1. The first kappa shape index (κ1) is 22.5. The van der Waals surface area contributed by atoms with Crippen LogP contribution in [0.1, 0.15) is 35.7 Å². The minimum Gasteiger partial charge on any atom is -0.496 e. The third-order valence-corrected chi connectivity index (χ3v) is 5.20. The Hall–Kier alpha value is -3.22. The minimum absolute atomic E-state index is 0.214. The Bertz CT molecular complexity index is 878. The molecule has 2 aromatic carbocycles. The maximum atomic E-state index is 12.0. The zero-order chi connectivity index (χ0) is 22.1. The second-order valence-electron chi connectivity index (χ2n) is 7.31. The van der Waals surface area contributed by atoms with Gasteiger partial charge in [-0.05, 0) is 36.8 Å². The number of carbonyl (C=O) groups is 1. The van der Waals surface area contributed by atoms with Gasteiger partial charge in [-0.15, -0.1) is 0 Å². The van der Waals surface area contributed by atoms with E-state index in [0.29, 0.717) is 17.9 Å². The van der Waals surface area contributed by atoms with Gasteiger partial charge < -0.3 is 24.4 Å². The van der Waals surface area contributed by atoms with Crippen molar-refractivity contribution in [2.45, 2.75) is 32.4 Å². The summed E-state index contributed by atoms with van der Waals surface area (Å²) in [6.45, 7) is 5.05. The molecule has 2 aromatic rings. The molecule has 7 heteroatoms. The molecule has 0 amide bonds. The van der Waals surface area contributed by atoms with Crippen LogP contribution in [0.3, 0.4) is 0 Å². The number of hydrogen-bond donors (Lipinski definition) is 1. The highest BCUT2D eigenvalue weighted by Gasteiger charge is 2.23. The summed E-state index contributed by atoms with van der Waals surface area (Å²) < 4.78 is 16.2. The molecule has 0 atom stereocenters. The van der Waals surface area contributed by atoms with E-state index >= 15 is 0 Å². The molecule has 7 nitrogen and oxygen atoms in total. The number of guanidine groups is 1. The summed E-state index contributed by atoms with van der Waals surface area (Å²) in [7, 11) is 2.90. The highest BCUT2D eigenvalue weighted by molar-refractivity contribution is 5.92. The maximum absolute atomic E-state index is 12.0. The van der Waals surface area contributed by atoms with Gasteiger partial charge in [-0.2, -0.15) is 0 Å². The normalized spacial score (nSPS) is 14.8. The van der Waals surface area contributed by atoms with Gasteiger partial charge in [-0.25, -0.2) is 9.79 Å². The van der Waals surface area contributed by atoms with Crippen molar-refractivity contribution in [2.24, 2.45) is 4.99 Å². The molecular formula is C24H31N3O4. The molecule has 0 saturated carbocycles. The SMILES string of the molecule is CCNC(=NCc1ccc(OC)c(C(=O)OC)c1)N1CCC(Oc2ccccc2)CC1. The highest BCUT2D eigenvalue weighted by Crippen LogP contribution is 2.22. The van der Waals surface area contributed by atoms with Gasteiger partial charge >= 0.3 is 5.97 Å². The van der Waals surface area contributed by atoms with Crippen molar-refractivity contribution in [1.29, 1.82) is 0 Å². The van der Waals surface area contributed by atoms with E-state index in [1.54, 1.807) is 12.1 Å². The van der Waals surface area contributed by atoms with Crippen molar-refractivity contribution in [3.05, 3.63) is 59.7 Å². The van der Waals surface area contributed by atoms with E-state index in [1.165, 1.54) is 14.2 Å². The monoisotopic (exact) mass is 425 g/mol. The molecular weight excluding hydrogens is 394 g/mol. The van der Waals surface area contributed by atoms with E-state index < -0.39 is 5.97 Å². The summed E-state index contributed by atoms with van der Waals surface area (Å²) in [6.07, 6.45) is 2.09. The summed E-state index contributed by atoms with van der Waals surface area (Å²) >= 11 is 0. The first-order valence-corrected chi connectivity index (χ1v) is 10.6. The topological polar surface area (TPSA) is 72.4 Å². The second kappa shape index (κ2) is 11.2. The second-order valence-corrected chi connectivity index (χ2v) is 7.31. The molecule has 0 aliphatic carbocycles. The average Bonchev–Trinajstić information content (AvgIpc) is 2.82. The first-order chi connectivity index (χ1) is 15.1. The number of para-hydroxylation sites is 1. The van der Waals surface area contributed by atoms with Crippen LogP contribution in [0.2, 0.25) is 0 Å². The lowest BCUT2D eigenvalue weighted by Crippen LogP contribution is -2.47. The van der Waals surface area contributed by atoms with Gasteiger partial charge in [-0.1, -0.05) is 24.3 Å². The molecule has 1 aliphatic heterocycles. The molecule has 31 heavy (non-hydrogen) atoms. The van der Waals surface area contributed by atoms with Gasteiger partial charge in [0.2, 0.25) is 0 Å². The van der Waals surface area contributed by atoms with Crippen LogP contribution >= 0.6 is 0 Å². The number of methoxy groups -OCH3 is 2. The van der Waals surface area contributed by atoms with Crippen LogP contribution < -0.4 is 14.8 Å². The molecule has 1 fully saturated rings. The largest absolute Gasteiger partial charge is 0.496 e. The van der Waals surface area contributed by atoms with Crippen LogP contribution in [-0.4, -0.2) is 56.8 Å². The van der Waals surface area contributed by atoms with E-state index in [0.717, 1.165) is 49.7 Å². The fraction of sp³-hybridized carbons (Fsp3) is 0.417. The van der Waals surface area contributed by atoms with Crippen molar-refractivity contribution in [3.8, 4) is 11.5 Å². The number of piperidine rings is 1. The molecule has 0 spiro atoms. The van der Waals surface area contributed by atoms with Gasteiger partial charge in [0.05, 0.1) is 20.8 Å². The van der Waals surface area contributed by atoms with Crippen molar-refractivity contribution < 1.29 is 19.0 Å². The predicted molar refractivity (Wildman–Crippen MR) is 121 cm³/mol. The van der Waals surface area contributed by atoms with Crippen LogP contribution in [0.25, 0.3) is 0 Å². The summed E-state index contributed by atoms with van der Waals surface area (Å²) in [6, 6.07) is 15.4. The molecule has 0 unspecified atom stereocenters. The minimum atomic E-state index is -0.421. The van der Waals surface area contributed by atoms with Crippen LogP contribution in [0.15, 0.2) is 53.5 Å². The van der Waals surface area contributed by atoms with Crippen LogP contribution in [0.5, 0.6) is 11.5 Å². The van der Waals surface area contributed by atoms with Gasteiger partial charge in [0, 0.05) is 32.5 Å². The standard InChI is InChI=1S/C24H31N3O4/c1-4-25-24(26-17-18-10-11-22(29-2)21(16-18)23(28)30-3)27-14-12-20(13-15-27)31-19-8-6-5-7-9-19/h5-11,16,20H,4,12-15,17H2,1-3H3,(H,25,26). The van der Waals surface area contributed by atoms with Crippen molar-refractivity contribution >= 4 is 11.9 Å². The number of nitrogens with zero attached hydrogens (tertiary/aromatic N) is 2. The van der Waals surface area contributed by atoms with Gasteiger partial charge in [0.1, 0.15) is 23.2 Å². The van der Waals surface area contributed by atoms with E-state index in [-0.39, 0.29) is 6.10 Å². The van der Waals surface area contributed by atoms with Crippen molar-refractivity contribution in [1.82, 2.24) is 10.2 Å². The van der Waals surface area contributed by atoms with E-state index in [1.807, 2.05) is 36.4 Å². The number of rotatable bonds is 7. The molecule has 3 rings (SSSR count). The molecule has 0 bridgehead atoms. The van der Waals surface area contributed by atoms with Crippen molar-refractivity contribution in [3.63, 3.8) is 0 Å².